The van der Waals surface area contributed by atoms with Gasteiger partial charge in [0.2, 0.25) is 5.91 Å². The normalized spacial score (nSPS) is 13.7. The zero-order valence-corrected chi connectivity index (χ0v) is 14.9. The van der Waals surface area contributed by atoms with Gasteiger partial charge in [0.1, 0.15) is 17.5 Å². The molecule has 0 saturated carbocycles. The van der Waals surface area contributed by atoms with Crippen LogP contribution < -0.4 is 5.32 Å². The van der Waals surface area contributed by atoms with Crippen molar-refractivity contribution in [1.29, 1.82) is 0 Å². The highest BCUT2D eigenvalue weighted by molar-refractivity contribution is 5.78. The van der Waals surface area contributed by atoms with Crippen molar-refractivity contribution in [2.24, 2.45) is 7.05 Å². The standard InChI is InChI=1S/C17H24FN5O2/c1-11(17(25)13-5-7-14(18)8-6-13)19-16(24)10-22(3)9-15-21-20-12(2)23(15)4/h5-8,11,17,25H,9-10H2,1-4H3,(H,19,24). The van der Waals surface area contributed by atoms with Gasteiger partial charge in [-0.3, -0.25) is 9.69 Å². The summed E-state index contributed by atoms with van der Waals surface area (Å²) in [7, 11) is 3.68. The largest absolute Gasteiger partial charge is 0.386 e. The second-order valence-corrected chi connectivity index (χ2v) is 6.25. The van der Waals surface area contributed by atoms with Crippen molar-refractivity contribution in [3.8, 4) is 0 Å². The van der Waals surface area contributed by atoms with Crippen LogP contribution in [0.2, 0.25) is 0 Å². The highest BCUT2D eigenvalue weighted by atomic mass is 19.1. The molecule has 2 atom stereocenters. The van der Waals surface area contributed by atoms with E-state index in [1.54, 1.807) is 6.92 Å². The summed E-state index contributed by atoms with van der Waals surface area (Å²) in [5.41, 5.74) is 0.553. The molecule has 1 aromatic carbocycles. The van der Waals surface area contributed by atoms with E-state index in [4.69, 9.17) is 0 Å². The monoisotopic (exact) mass is 349 g/mol. The Bertz CT molecular complexity index is 716. The maximum Gasteiger partial charge on any atom is 0.234 e. The minimum atomic E-state index is -0.906. The van der Waals surface area contributed by atoms with Crippen molar-refractivity contribution in [3.05, 3.63) is 47.3 Å². The van der Waals surface area contributed by atoms with Crippen molar-refractivity contribution >= 4 is 5.91 Å². The first-order valence-electron chi connectivity index (χ1n) is 8.04. The van der Waals surface area contributed by atoms with Crippen LogP contribution in [0.5, 0.6) is 0 Å². The summed E-state index contributed by atoms with van der Waals surface area (Å²) in [5.74, 6) is 0.999. The van der Waals surface area contributed by atoms with Gasteiger partial charge >= 0.3 is 0 Å². The van der Waals surface area contributed by atoms with E-state index in [0.717, 1.165) is 11.6 Å². The van der Waals surface area contributed by atoms with Gasteiger partial charge in [-0.05, 0) is 38.6 Å². The van der Waals surface area contributed by atoms with E-state index in [-0.39, 0.29) is 18.3 Å². The van der Waals surface area contributed by atoms with Gasteiger partial charge in [-0.1, -0.05) is 12.1 Å². The van der Waals surface area contributed by atoms with E-state index < -0.39 is 12.1 Å². The van der Waals surface area contributed by atoms with Crippen molar-refractivity contribution in [2.45, 2.75) is 32.5 Å². The second-order valence-electron chi connectivity index (χ2n) is 6.25. The summed E-state index contributed by atoms with van der Waals surface area (Å²) < 4.78 is 14.8. The second kappa shape index (κ2) is 8.17. The lowest BCUT2D eigenvalue weighted by Crippen LogP contribution is -2.42. The number of carbonyl (C=O) groups excluding carboxylic acids is 1. The molecular formula is C17H24FN5O2. The Labute approximate surface area is 146 Å². The number of amides is 1. The predicted octanol–water partition coefficient (Wildman–Crippen LogP) is 0.933. The van der Waals surface area contributed by atoms with E-state index in [2.05, 4.69) is 15.5 Å². The van der Waals surface area contributed by atoms with Crippen LogP contribution in [0.15, 0.2) is 24.3 Å². The van der Waals surface area contributed by atoms with E-state index in [9.17, 15) is 14.3 Å². The van der Waals surface area contributed by atoms with E-state index in [1.165, 1.54) is 24.3 Å². The smallest absolute Gasteiger partial charge is 0.234 e. The third-order valence-electron chi connectivity index (χ3n) is 4.08. The van der Waals surface area contributed by atoms with E-state index in [1.807, 2.05) is 30.5 Å². The van der Waals surface area contributed by atoms with Gasteiger partial charge in [0.25, 0.3) is 0 Å². The van der Waals surface area contributed by atoms with Crippen LogP contribution in [-0.2, 0) is 18.4 Å². The third-order valence-corrected chi connectivity index (χ3v) is 4.08. The van der Waals surface area contributed by atoms with Crippen LogP contribution in [0, 0.1) is 12.7 Å². The van der Waals surface area contributed by atoms with Crippen molar-refractivity contribution < 1.29 is 14.3 Å². The maximum absolute atomic E-state index is 12.9. The molecule has 7 nitrogen and oxygen atoms in total. The van der Waals surface area contributed by atoms with Crippen LogP contribution in [0.4, 0.5) is 4.39 Å². The molecule has 0 fully saturated rings. The zero-order valence-electron chi connectivity index (χ0n) is 14.9. The summed E-state index contributed by atoms with van der Waals surface area (Å²) in [5, 5.41) is 21.1. The Hall–Kier alpha value is -2.32. The first-order valence-corrected chi connectivity index (χ1v) is 8.04. The van der Waals surface area contributed by atoms with E-state index >= 15 is 0 Å². The molecule has 25 heavy (non-hydrogen) atoms. The molecule has 136 valence electrons. The SMILES string of the molecule is Cc1nnc(CN(C)CC(=O)NC(C)C(O)c2ccc(F)cc2)n1C. The molecule has 1 amide bonds. The fourth-order valence-electron chi connectivity index (χ4n) is 2.46. The van der Waals surface area contributed by atoms with Gasteiger partial charge in [-0.15, -0.1) is 10.2 Å². The summed E-state index contributed by atoms with van der Waals surface area (Å²) >= 11 is 0. The average molecular weight is 349 g/mol. The lowest BCUT2D eigenvalue weighted by molar-refractivity contribution is -0.123. The highest BCUT2D eigenvalue weighted by Crippen LogP contribution is 2.17. The number of aliphatic hydroxyl groups is 1. The number of aryl methyl sites for hydroxylation is 1. The topological polar surface area (TPSA) is 83.3 Å². The highest BCUT2D eigenvalue weighted by Gasteiger charge is 2.19. The Morgan fingerprint density at radius 3 is 2.56 bits per heavy atom. The molecule has 0 aliphatic heterocycles. The van der Waals surface area contributed by atoms with Crippen LogP contribution >= 0.6 is 0 Å². The van der Waals surface area contributed by atoms with Gasteiger partial charge in [-0.2, -0.15) is 0 Å². The Balaban J connectivity index is 1.86. The van der Waals surface area contributed by atoms with Crippen molar-refractivity contribution in [1.82, 2.24) is 25.0 Å². The molecule has 0 radical (unpaired) electrons. The van der Waals surface area contributed by atoms with Crippen molar-refractivity contribution in [3.63, 3.8) is 0 Å². The molecule has 0 aliphatic rings. The lowest BCUT2D eigenvalue weighted by atomic mass is 10.0. The lowest BCUT2D eigenvalue weighted by Gasteiger charge is -2.22. The number of nitrogens with zero attached hydrogens (tertiary/aromatic N) is 4. The molecule has 2 rings (SSSR count). The Morgan fingerprint density at radius 2 is 2.00 bits per heavy atom. The Morgan fingerprint density at radius 1 is 1.36 bits per heavy atom. The molecule has 1 heterocycles. The molecule has 0 spiro atoms. The van der Waals surface area contributed by atoms with E-state index in [0.29, 0.717) is 12.1 Å². The van der Waals surface area contributed by atoms with Gasteiger partial charge < -0.3 is 15.0 Å². The maximum atomic E-state index is 12.9. The van der Waals surface area contributed by atoms with Crippen LogP contribution in [-0.4, -0.2) is 50.3 Å². The number of hydrogen-bond acceptors (Lipinski definition) is 5. The summed E-state index contributed by atoms with van der Waals surface area (Å²) in [6.45, 7) is 4.21. The van der Waals surface area contributed by atoms with Gasteiger partial charge in [0.15, 0.2) is 0 Å². The summed E-state index contributed by atoms with van der Waals surface area (Å²) in [4.78, 5) is 14.0. The molecule has 8 heteroatoms. The fourth-order valence-corrected chi connectivity index (χ4v) is 2.46. The predicted molar refractivity (Wildman–Crippen MR) is 91.0 cm³/mol. The van der Waals surface area contributed by atoms with Gasteiger partial charge in [-0.25, -0.2) is 4.39 Å². The number of aromatic nitrogens is 3. The first kappa shape index (κ1) is 19.0. The minimum Gasteiger partial charge on any atom is -0.386 e. The molecule has 2 N–H and O–H groups in total. The van der Waals surface area contributed by atoms with Crippen LogP contribution in [0.1, 0.15) is 30.2 Å². The quantitative estimate of drug-likeness (QED) is 0.777. The molecule has 0 bridgehead atoms. The number of aliphatic hydroxyl groups excluding tert-OH is 1. The Kier molecular flexibility index (Phi) is 6.22. The number of carbonyl (C=O) groups is 1. The van der Waals surface area contributed by atoms with Crippen molar-refractivity contribution in [2.75, 3.05) is 13.6 Å². The minimum absolute atomic E-state index is 0.159. The number of benzene rings is 1. The molecule has 2 aromatic rings. The van der Waals surface area contributed by atoms with Crippen LogP contribution in [0.25, 0.3) is 0 Å². The number of rotatable bonds is 7. The average Bonchev–Trinajstić information content (AvgIpc) is 2.86. The summed E-state index contributed by atoms with van der Waals surface area (Å²) in [6, 6.07) is 5.08. The number of hydrogen-bond donors (Lipinski definition) is 2. The van der Waals surface area contributed by atoms with Crippen LogP contribution in [0.3, 0.4) is 0 Å². The molecule has 0 saturated heterocycles. The fraction of sp³-hybridized carbons (Fsp3) is 0.471. The number of likely N-dealkylation sites (N-methyl/N-ethyl adjacent to an activating group) is 1. The zero-order chi connectivity index (χ0) is 18.6. The number of halogens is 1. The van der Waals surface area contributed by atoms with Gasteiger partial charge in [0, 0.05) is 7.05 Å². The number of nitrogens with one attached hydrogen (secondary N) is 1. The molecule has 2 unspecified atom stereocenters. The molecular weight excluding hydrogens is 325 g/mol. The summed E-state index contributed by atoms with van der Waals surface area (Å²) in [6.07, 6.45) is -0.906. The molecule has 0 aliphatic carbocycles. The van der Waals surface area contributed by atoms with Gasteiger partial charge in [0.05, 0.1) is 25.2 Å². The molecule has 1 aromatic heterocycles. The third kappa shape index (κ3) is 5.07. The first-order chi connectivity index (χ1) is 11.8.